The first kappa shape index (κ1) is 20.7. The van der Waals surface area contributed by atoms with E-state index in [-0.39, 0.29) is 28.8 Å². The van der Waals surface area contributed by atoms with Crippen LogP contribution in [-0.4, -0.2) is 31.1 Å². The number of hydrogen-bond donors (Lipinski definition) is 2. The Labute approximate surface area is 178 Å². The van der Waals surface area contributed by atoms with E-state index in [1.807, 2.05) is 0 Å². The van der Waals surface area contributed by atoms with E-state index in [0.29, 0.717) is 16.9 Å². The van der Waals surface area contributed by atoms with Crippen LogP contribution in [0.25, 0.3) is 6.08 Å². The molecule has 1 amide bonds. The quantitative estimate of drug-likeness (QED) is 0.565. The molecular formula is C21H18N4O5S. The van der Waals surface area contributed by atoms with E-state index < -0.39 is 21.5 Å². The highest BCUT2D eigenvalue weighted by molar-refractivity contribution is 7.89. The third-order valence-corrected chi connectivity index (χ3v) is 5.98. The highest BCUT2D eigenvalue weighted by atomic mass is 32.2. The molecule has 3 N–H and O–H groups in total. The van der Waals surface area contributed by atoms with Gasteiger partial charge in [0.05, 0.1) is 10.6 Å². The number of nitrogens with zero attached hydrogens (tertiary/aromatic N) is 3. The Hall–Kier alpha value is -3.60. The Balaban J connectivity index is 1.78. The number of fused-ring (bicyclic) bond motifs is 1. The van der Waals surface area contributed by atoms with Gasteiger partial charge in [-0.25, -0.2) is 23.5 Å². The number of aromatic nitrogens is 1. The summed E-state index contributed by atoms with van der Waals surface area (Å²) in [4.78, 5) is 22.6. The lowest BCUT2D eigenvalue weighted by Gasteiger charge is -2.23. The van der Waals surface area contributed by atoms with Gasteiger partial charge < -0.3 is 9.52 Å². The molecule has 3 aromatic rings. The zero-order chi connectivity index (χ0) is 22.4. The minimum absolute atomic E-state index is 0.0657. The Bertz CT molecular complexity index is 1290. The zero-order valence-electron chi connectivity index (χ0n) is 16.2. The van der Waals surface area contributed by atoms with Gasteiger partial charge in [-0.15, -0.1) is 0 Å². The van der Waals surface area contributed by atoms with Gasteiger partial charge in [0.25, 0.3) is 5.91 Å². The van der Waals surface area contributed by atoms with Crippen LogP contribution in [0.1, 0.15) is 22.7 Å². The third-order valence-electron chi connectivity index (χ3n) is 5.05. The van der Waals surface area contributed by atoms with Crippen molar-refractivity contribution in [2.75, 3.05) is 4.90 Å². The number of anilines is 1. The number of aliphatic imine (C=N–C) groups is 1. The smallest absolute Gasteiger partial charge is 0.268 e. The summed E-state index contributed by atoms with van der Waals surface area (Å²) in [6, 6.07) is 11.9. The third kappa shape index (κ3) is 3.26. The molecule has 4 rings (SSSR count). The lowest BCUT2D eigenvalue weighted by Crippen LogP contribution is -2.41. The lowest BCUT2D eigenvalue weighted by atomic mass is 9.87. The molecule has 0 saturated carbocycles. The molecule has 0 radical (unpaired) electrons. The summed E-state index contributed by atoms with van der Waals surface area (Å²) in [5.74, 6) is -0.267. The maximum atomic E-state index is 13.4. The fraction of sp³-hybridized carbons (Fsp3) is 0.0952. The number of primary sulfonamides is 1. The first-order valence-electron chi connectivity index (χ1n) is 9.06. The van der Waals surface area contributed by atoms with Crippen molar-refractivity contribution in [1.82, 2.24) is 4.98 Å². The van der Waals surface area contributed by atoms with E-state index in [1.165, 1.54) is 35.2 Å². The van der Waals surface area contributed by atoms with Crippen LogP contribution in [0.15, 0.2) is 69.4 Å². The first-order chi connectivity index (χ1) is 14.7. The fourth-order valence-corrected chi connectivity index (χ4v) is 4.09. The topological polar surface area (TPSA) is 139 Å². The van der Waals surface area contributed by atoms with Crippen molar-refractivity contribution >= 4 is 40.3 Å². The number of benzene rings is 2. The number of rotatable bonds is 6. The van der Waals surface area contributed by atoms with Gasteiger partial charge in [0.15, 0.2) is 5.60 Å². The Kier molecular flexibility index (Phi) is 4.85. The first-order valence-corrected chi connectivity index (χ1v) is 10.6. The minimum atomic E-state index is -3.91. The monoisotopic (exact) mass is 438 g/mol. The van der Waals surface area contributed by atoms with Gasteiger partial charge in [0.1, 0.15) is 12.2 Å². The van der Waals surface area contributed by atoms with Crippen molar-refractivity contribution in [3.05, 3.63) is 77.8 Å². The fourth-order valence-electron chi connectivity index (χ4n) is 3.57. The van der Waals surface area contributed by atoms with Crippen LogP contribution in [0.5, 0.6) is 0 Å². The van der Waals surface area contributed by atoms with E-state index in [1.54, 1.807) is 24.3 Å². The summed E-state index contributed by atoms with van der Waals surface area (Å²) in [6.07, 6.45) is 1.46. The second kappa shape index (κ2) is 7.27. The number of carbonyl (C=O) groups is 1. The standard InChI is InChI=1S/C21H18N4O5S/c1-3-16-19(23-2)30-18(24-16)12-25-17-7-5-4-6-15(17)21(27,20(25)26)13-8-10-14(11-9-13)31(22,28)29/h3-11,27H,1-2,12H2,(H2,22,28,29). The molecule has 1 aliphatic heterocycles. The van der Waals surface area contributed by atoms with E-state index in [0.717, 1.165) is 0 Å². The van der Waals surface area contributed by atoms with Gasteiger partial charge in [0.2, 0.25) is 21.8 Å². The predicted octanol–water partition coefficient (Wildman–Crippen LogP) is 2.08. The number of para-hydroxylation sites is 1. The van der Waals surface area contributed by atoms with Gasteiger partial charge in [-0.2, -0.15) is 0 Å². The van der Waals surface area contributed by atoms with Gasteiger partial charge in [-0.3, -0.25) is 9.69 Å². The molecular weight excluding hydrogens is 420 g/mol. The van der Waals surface area contributed by atoms with Crippen molar-refractivity contribution in [1.29, 1.82) is 0 Å². The molecule has 1 unspecified atom stereocenters. The second-order valence-corrected chi connectivity index (χ2v) is 8.41. The van der Waals surface area contributed by atoms with Crippen molar-refractivity contribution < 1.29 is 22.7 Å². The molecule has 1 aromatic heterocycles. The zero-order valence-corrected chi connectivity index (χ0v) is 17.0. The van der Waals surface area contributed by atoms with Crippen LogP contribution in [0.2, 0.25) is 0 Å². The maximum absolute atomic E-state index is 13.4. The molecule has 0 aliphatic carbocycles. The number of nitrogens with two attached hydrogens (primary N) is 1. The van der Waals surface area contributed by atoms with E-state index in [4.69, 9.17) is 9.56 Å². The Morgan fingerprint density at radius 3 is 2.48 bits per heavy atom. The van der Waals surface area contributed by atoms with Crippen LogP contribution in [0, 0.1) is 0 Å². The predicted molar refractivity (Wildman–Crippen MR) is 114 cm³/mol. The van der Waals surface area contributed by atoms with Crippen LogP contribution >= 0.6 is 0 Å². The normalized spacial score (nSPS) is 18.1. The van der Waals surface area contributed by atoms with Crippen LogP contribution in [0.3, 0.4) is 0 Å². The summed E-state index contributed by atoms with van der Waals surface area (Å²) < 4.78 is 28.6. The molecule has 0 saturated heterocycles. The average molecular weight is 438 g/mol. The van der Waals surface area contributed by atoms with Crippen LogP contribution < -0.4 is 10.0 Å². The Morgan fingerprint density at radius 2 is 1.90 bits per heavy atom. The molecule has 1 aliphatic rings. The summed E-state index contributed by atoms with van der Waals surface area (Å²) in [7, 11) is -3.91. The molecule has 2 aromatic carbocycles. The van der Waals surface area contributed by atoms with E-state index >= 15 is 0 Å². The second-order valence-electron chi connectivity index (χ2n) is 6.85. The number of sulfonamides is 1. The Morgan fingerprint density at radius 1 is 1.23 bits per heavy atom. The van der Waals surface area contributed by atoms with Crippen molar-refractivity contribution in [3.63, 3.8) is 0 Å². The number of carbonyl (C=O) groups excluding carboxylic acids is 1. The van der Waals surface area contributed by atoms with Gasteiger partial charge >= 0.3 is 0 Å². The maximum Gasteiger partial charge on any atom is 0.268 e. The summed E-state index contributed by atoms with van der Waals surface area (Å²) in [6.45, 7) is 6.99. The molecule has 9 nitrogen and oxygen atoms in total. The van der Waals surface area contributed by atoms with Crippen molar-refractivity contribution in [2.45, 2.75) is 17.0 Å². The number of hydrogen-bond acceptors (Lipinski definition) is 7. The molecule has 0 spiro atoms. The molecule has 2 heterocycles. The molecule has 0 fully saturated rings. The molecule has 158 valence electrons. The summed E-state index contributed by atoms with van der Waals surface area (Å²) in [5, 5.41) is 16.7. The van der Waals surface area contributed by atoms with Crippen LogP contribution in [-0.2, 0) is 27.0 Å². The summed E-state index contributed by atoms with van der Waals surface area (Å²) >= 11 is 0. The number of oxazole rings is 1. The molecule has 10 heteroatoms. The highest BCUT2D eigenvalue weighted by Crippen LogP contribution is 2.45. The SMILES string of the molecule is C=Cc1nc(CN2C(=O)C(O)(c3ccc(S(N)(=O)=O)cc3)c3ccccc32)oc1N=C. The largest absolute Gasteiger partial charge is 0.420 e. The summed E-state index contributed by atoms with van der Waals surface area (Å²) in [5.41, 5.74) is -0.620. The molecule has 0 bridgehead atoms. The minimum Gasteiger partial charge on any atom is -0.420 e. The number of aliphatic hydroxyl groups is 1. The van der Waals surface area contributed by atoms with Gasteiger partial charge in [-0.05, 0) is 36.6 Å². The van der Waals surface area contributed by atoms with Gasteiger partial charge in [-0.1, -0.05) is 36.9 Å². The molecule has 1 atom stereocenters. The number of amides is 1. The van der Waals surface area contributed by atoms with E-state index in [9.17, 15) is 18.3 Å². The molecule has 31 heavy (non-hydrogen) atoms. The van der Waals surface area contributed by atoms with Crippen molar-refractivity contribution in [2.24, 2.45) is 10.1 Å². The highest BCUT2D eigenvalue weighted by Gasteiger charge is 2.51. The van der Waals surface area contributed by atoms with Gasteiger partial charge in [0, 0.05) is 5.56 Å². The van der Waals surface area contributed by atoms with E-state index in [2.05, 4.69) is 23.3 Å². The van der Waals surface area contributed by atoms with Crippen molar-refractivity contribution in [3.8, 4) is 0 Å². The van der Waals surface area contributed by atoms with Crippen LogP contribution in [0.4, 0.5) is 11.6 Å². The average Bonchev–Trinajstić information content (AvgIpc) is 3.26. The lowest BCUT2D eigenvalue weighted by molar-refractivity contribution is -0.132.